The van der Waals surface area contributed by atoms with Crippen molar-refractivity contribution in [3.63, 3.8) is 0 Å². The van der Waals surface area contributed by atoms with Crippen LogP contribution < -0.4 is 0 Å². The van der Waals surface area contributed by atoms with Gasteiger partial charge in [0.2, 0.25) is 0 Å². The van der Waals surface area contributed by atoms with E-state index in [0.29, 0.717) is 0 Å². The van der Waals surface area contributed by atoms with Gasteiger partial charge in [0.1, 0.15) is 0 Å². The quantitative estimate of drug-likeness (QED) is 0.424. The van der Waals surface area contributed by atoms with Gasteiger partial charge < -0.3 is 9.79 Å². The SMILES string of the molecule is CC(N=O)P(=O)(O)O. The second-order valence-corrected chi connectivity index (χ2v) is 3.25. The van der Waals surface area contributed by atoms with Crippen molar-refractivity contribution in [3.05, 3.63) is 4.91 Å². The van der Waals surface area contributed by atoms with Crippen LogP contribution in [0.2, 0.25) is 0 Å². The molecular formula is C2H6NO4P. The largest absolute Gasteiger partial charge is 0.353 e. The van der Waals surface area contributed by atoms with Crippen LogP contribution in [0.5, 0.6) is 0 Å². The Morgan fingerprint density at radius 3 is 2.00 bits per heavy atom. The van der Waals surface area contributed by atoms with Crippen molar-refractivity contribution < 1.29 is 14.4 Å². The monoisotopic (exact) mass is 139 g/mol. The van der Waals surface area contributed by atoms with Crippen LogP contribution in [0.4, 0.5) is 0 Å². The molecule has 8 heavy (non-hydrogen) atoms. The van der Waals surface area contributed by atoms with Gasteiger partial charge in [-0.1, -0.05) is 5.18 Å². The fourth-order valence-electron chi connectivity index (χ4n) is 0.0614. The number of nitrogens with zero attached hydrogens (tertiary/aromatic N) is 1. The highest BCUT2D eigenvalue weighted by Gasteiger charge is 2.23. The summed E-state index contributed by atoms with van der Waals surface area (Å²) in [6, 6.07) is 0. The van der Waals surface area contributed by atoms with Gasteiger partial charge in [0, 0.05) is 0 Å². The number of hydrogen-bond donors (Lipinski definition) is 2. The zero-order chi connectivity index (χ0) is 6.78. The molecule has 6 heteroatoms. The maximum Gasteiger partial charge on any atom is 0.353 e. The predicted molar refractivity (Wildman–Crippen MR) is 27.3 cm³/mol. The maximum absolute atomic E-state index is 9.96. The molecule has 1 unspecified atom stereocenters. The van der Waals surface area contributed by atoms with Crippen LogP contribution in [-0.4, -0.2) is 15.6 Å². The van der Waals surface area contributed by atoms with Crippen molar-refractivity contribution in [2.75, 3.05) is 0 Å². The fraction of sp³-hybridized carbons (Fsp3) is 1.00. The zero-order valence-corrected chi connectivity index (χ0v) is 5.08. The molecule has 0 heterocycles. The lowest BCUT2D eigenvalue weighted by atomic mass is 10.8. The van der Waals surface area contributed by atoms with E-state index in [-0.39, 0.29) is 0 Å². The van der Waals surface area contributed by atoms with Gasteiger partial charge in [0.15, 0.2) is 5.78 Å². The highest BCUT2D eigenvalue weighted by molar-refractivity contribution is 7.52. The van der Waals surface area contributed by atoms with Crippen molar-refractivity contribution in [2.24, 2.45) is 5.18 Å². The molecule has 0 rings (SSSR count). The Balaban J connectivity index is 4.02. The van der Waals surface area contributed by atoms with E-state index < -0.39 is 13.4 Å². The van der Waals surface area contributed by atoms with E-state index in [2.05, 4.69) is 5.18 Å². The summed E-state index contributed by atoms with van der Waals surface area (Å²) in [4.78, 5) is 25.6. The normalized spacial score (nSPS) is 15.4. The van der Waals surface area contributed by atoms with Gasteiger partial charge >= 0.3 is 7.60 Å². The molecule has 0 aliphatic heterocycles. The van der Waals surface area contributed by atoms with Crippen LogP contribution in [0.25, 0.3) is 0 Å². The molecule has 0 amide bonds. The molecule has 0 radical (unpaired) electrons. The summed E-state index contributed by atoms with van der Waals surface area (Å²) in [5.74, 6) is -1.41. The molecule has 0 aromatic heterocycles. The molecule has 1 atom stereocenters. The molecular weight excluding hydrogens is 133 g/mol. The van der Waals surface area contributed by atoms with Crippen LogP contribution in [0.1, 0.15) is 6.92 Å². The fourth-order valence-corrected chi connectivity index (χ4v) is 0.184. The number of rotatable bonds is 2. The highest BCUT2D eigenvalue weighted by Crippen LogP contribution is 2.41. The molecule has 0 aliphatic rings. The highest BCUT2D eigenvalue weighted by atomic mass is 31.2. The Morgan fingerprint density at radius 1 is 1.62 bits per heavy atom. The topological polar surface area (TPSA) is 87.0 Å². The van der Waals surface area contributed by atoms with Crippen LogP contribution in [0, 0.1) is 4.91 Å². The summed E-state index contributed by atoms with van der Waals surface area (Å²) >= 11 is 0. The van der Waals surface area contributed by atoms with Gasteiger partial charge in [-0.05, 0) is 6.92 Å². The van der Waals surface area contributed by atoms with Gasteiger partial charge in [0.25, 0.3) is 0 Å². The summed E-state index contributed by atoms with van der Waals surface area (Å²) in [5, 5.41) is 2.15. The Morgan fingerprint density at radius 2 is 2.00 bits per heavy atom. The van der Waals surface area contributed by atoms with E-state index in [1.165, 1.54) is 0 Å². The van der Waals surface area contributed by atoms with E-state index in [9.17, 15) is 9.47 Å². The van der Waals surface area contributed by atoms with E-state index in [0.717, 1.165) is 6.92 Å². The molecule has 5 nitrogen and oxygen atoms in total. The van der Waals surface area contributed by atoms with Crippen molar-refractivity contribution >= 4 is 7.60 Å². The molecule has 0 aromatic rings. The molecule has 0 saturated heterocycles. The lowest BCUT2D eigenvalue weighted by molar-refractivity contribution is 0.361. The molecule has 0 bridgehead atoms. The van der Waals surface area contributed by atoms with Crippen LogP contribution in [0.15, 0.2) is 5.18 Å². The molecule has 0 aliphatic carbocycles. The number of hydrogen-bond acceptors (Lipinski definition) is 3. The molecule has 0 fully saturated rings. The van der Waals surface area contributed by atoms with Gasteiger partial charge in [0.05, 0.1) is 0 Å². The summed E-state index contributed by atoms with van der Waals surface area (Å²) in [5.41, 5.74) is 0. The van der Waals surface area contributed by atoms with E-state index in [4.69, 9.17) is 9.79 Å². The van der Waals surface area contributed by atoms with E-state index in [1.807, 2.05) is 0 Å². The van der Waals surface area contributed by atoms with E-state index >= 15 is 0 Å². The lowest BCUT2D eigenvalue weighted by Gasteiger charge is -2.01. The third kappa shape index (κ3) is 2.16. The van der Waals surface area contributed by atoms with Gasteiger partial charge in [-0.2, -0.15) is 0 Å². The second kappa shape index (κ2) is 2.35. The molecule has 0 saturated carbocycles. The first-order chi connectivity index (χ1) is 3.48. The standard InChI is InChI=1S/C2H6NO4P/c1-2(3-4)8(5,6)7/h2H,1H3,(H2,5,6,7). The van der Waals surface area contributed by atoms with Crippen molar-refractivity contribution in [1.29, 1.82) is 0 Å². The van der Waals surface area contributed by atoms with E-state index in [1.54, 1.807) is 0 Å². The maximum atomic E-state index is 9.96. The third-order valence-electron chi connectivity index (χ3n) is 0.639. The summed E-state index contributed by atoms with van der Waals surface area (Å²) in [6.45, 7) is 1.06. The van der Waals surface area contributed by atoms with Crippen LogP contribution in [0.3, 0.4) is 0 Å². The Kier molecular flexibility index (Phi) is 2.27. The first-order valence-electron chi connectivity index (χ1n) is 1.86. The summed E-state index contributed by atoms with van der Waals surface area (Å²) in [7, 11) is -4.24. The average Bonchev–Trinajstić information content (AvgIpc) is 1.62. The average molecular weight is 139 g/mol. The lowest BCUT2D eigenvalue weighted by Crippen LogP contribution is -1.95. The first-order valence-corrected chi connectivity index (χ1v) is 3.54. The van der Waals surface area contributed by atoms with Gasteiger partial charge in [-0.25, -0.2) is 0 Å². The summed E-state index contributed by atoms with van der Waals surface area (Å²) < 4.78 is 9.96. The van der Waals surface area contributed by atoms with Gasteiger partial charge in [-0.15, -0.1) is 4.91 Å². The van der Waals surface area contributed by atoms with Crippen LogP contribution >= 0.6 is 7.60 Å². The molecule has 48 valence electrons. The van der Waals surface area contributed by atoms with Crippen molar-refractivity contribution in [2.45, 2.75) is 12.7 Å². The molecule has 0 aromatic carbocycles. The molecule has 2 N–H and O–H groups in total. The Bertz CT molecular complexity index is 128. The molecule has 0 spiro atoms. The first kappa shape index (κ1) is 7.75. The van der Waals surface area contributed by atoms with Gasteiger partial charge in [-0.3, -0.25) is 4.57 Å². The Hall–Kier alpha value is -0.250. The predicted octanol–water partition coefficient (Wildman–Crippen LogP) is 0.277. The van der Waals surface area contributed by atoms with Crippen molar-refractivity contribution in [1.82, 2.24) is 0 Å². The third-order valence-corrected chi connectivity index (χ3v) is 1.71. The van der Waals surface area contributed by atoms with Crippen molar-refractivity contribution in [3.8, 4) is 0 Å². The minimum absolute atomic E-state index is 1.06. The minimum Gasteiger partial charge on any atom is -0.323 e. The second-order valence-electron chi connectivity index (χ2n) is 1.33. The summed E-state index contributed by atoms with van der Waals surface area (Å²) in [6.07, 6.45) is 0. The minimum atomic E-state index is -4.24. The zero-order valence-electron chi connectivity index (χ0n) is 4.18. The Labute approximate surface area is 45.9 Å². The number of nitroso groups, excluding NO2 is 1. The van der Waals surface area contributed by atoms with Crippen LogP contribution in [-0.2, 0) is 4.57 Å². The smallest absolute Gasteiger partial charge is 0.323 e.